The number of nitrogens with zero attached hydrogens (tertiary/aromatic N) is 2. The van der Waals surface area contributed by atoms with Crippen LogP contribution in [0, 0.1) is 0 Å². The van der Waals surface area contributed by atoms with Gasteiger partial charge < -0.3 is 4.90 Å². The van der Waals surface area contributed by atoms with Gasteiger partial charge in [0.2, 0.25) is 17.7 Å². The average Bonchev–Trinajstić information content (AvgIpc) is 2.88. The molecule has 5 nitrogen and oxygen atoms in total. The van der Waals surface area contributed by atoms with Crippen LogP contribution in [-0.2, 0) is 14.4 Å². The molecule has 0 aromatic carbocycles. The topological polar surface area (TPSA) is 57.7 Å². The van der Waals surface area contributed by atoms with Crippen molar-refractivity contribution in [1.82, 2.24) is 9.80 Å². The lowest BCUT2D eigenvalue weighted by Crippen LogP contribution is -2.53. The molecule has 110 valence electrons. The quantitative estimate of drug-likeness (QED) is 0.734. The number of hydrogen-bond acceptors (Lipinski definition) is 3. The molecule has 3 rings (SSSR count). The van der Waals surface area contributed by atoms with Crippen LogP contribution >= 0.6 is 0 Å². The van der Waals surface area contributed by atoms with E-state index in [2.05, 4.69) is 0 Å². The van der Waals surface area contributed by atoms with Crippen molar-refractivity contribution in [2.24, 2.45) is 0 Å². The predicted molar refractivity (Wildman–Crippen MR) is 72.7 cm³/mol. The molecule has 2 bridgehead atoms. The number of carbonyl (C=O) groups excluding carboxylic acids is 3. The van der Waals surface area contributed by atoms with E-state index < -0.39 is 0 Å². The Hall–Kier alpha value is -1.39. The second-order valence-corrected chi connectivity index (χ2v) is 6.22. The average molecular weight is 278 g/mol. The van der Waals surface area contributed by atoms with E-state index in [9.17, 15) is 14.4 Å². The molecule has 3 saturated heterocycles. The number of hydrogen-bond donors (Lipinski definition) is 0. The van der Waals surface area contributed by atoms with Crippen molar-refractivity contribution in [3.8, 4) is 0 Å². The Labute approximate surface area is 119 Å². The SMILES string of the molecule is CCCC(=O)N1C2CCC1CC(N1C(=O)CCC1=O)C2. The number of piperidine rings is 1. The third kappa shape index (κ3) is 2.13. The third-order valence-electron chi connectivity index (χ3n) is 4.92. The second kappa shape index (κ2) is 5.19. The van der Waals surface area contributed by atoms with Gasteiger partial charge >= 0.3 is 0 Å². The van der Waals surface area contributed by atoms with Crippen molar-refractivity contribution in [2.75, 3.05) is 0 Å². The summed E-state index contributed by atoms with van der Waals surface area (Å²) in [5, 5.41) is 0. The lowest BCUT2D eigenvalue weighted by molar-refractivity contribution is -0.144. The zero-order valence-corrected chi connectivity index (χ0v) is 12.0. The van der Waals surface area contributed by atoms with E-state index in [0.29, 0.717) is 19.3 Å². The van der Waals surface area contributed by atoms with Crippen LogP contribution in [0.2, 0.25) is 0 Å². The summed E-state index contributed by atoms with van der Waals surface area (Å²) in [6.45, 7) is 2.02. The fraction of sp³-hybridized carbons (Fsp3) is 0.800. The van der Waals surface area contributed by atoms with Gasteiger partial charge in [0.05, 0.1) is 0 Å². The van der Waals surface area contributed by atoms with Gasteiger partial charge in [0, 0.05) is 37.4 Å². The summed E-state index contributed by atoms with van der Waals surface area (Å²) in [7, 11) is 0. The summed E-state index contributed by atoms with van der Waals surface area (Å²) in [4.78, 5) is 39.5. The van der Waals surface area contributed by atoms with Crippen molar-refractivity contribution in [1.29, 1.82) is 0 Å². The van der Waals surface area contributed by atoms with Gasteiger partial charge in [0.25, 0.3) is 0 Å². The molecule has 0 aliphatic carbocycles. The summed E-state index contributed by atoms with van der Waals surface area (Å²) in [6.07, 6.45) is 5.82. The van der Waals surface area contributed by atoms with E-state index >= 15 is 0 Å². The first-order valence-corrected chi connectivity index (χ1v) is 7.78. The maximum atomic E-state index is 12.2. The smallest absolute Gasteiger partial charge is 0.229 e. The van der Waals surface area contributed by atoms with Crippen molar-refractivity contribution in [3.63, 3.8) is 0 Å². The summed E-state index contributed by atoms with van der Waals surface area (Å²) in [5.41, 5.74) is 0. The van der Waals surface area contributed by atoms with Gasteiger partial charge in [-0.2, -0.15) is 0 Å². The largest absolute Gasteiger partial charge is 0.337 e. The number of amides is 3. The van der Waals surface area contributed by atoms with Crippen LogP contribution in [0.5, 0.6) is 0 Å². The van der Waals surface area contributed by atoms with Crippen molar-refractivity contribution >= 4 is 17.7 Å². The Balaban J connectivity index is 1.72. The number of carbonyl (C=O) groups is 3. The summed E-state index contributed by atoms with van der Waals surface area (Å²) in [5.74, 6) is 0.206. The van der Waals surface area contributed by atoms with Gasteiger partial charge in [0.15, 0.2) is 0 Å². The summed E-state index contributed by atoms with van der Waals surface area (Å²) in [6, 6.07) is 0.499. The fourth-order valence-corrected chi connectivity index (χ4v) is 4.11. The first-order valence-electron chi connectivity index (χ1n) is 7.78. The summed E-state index contributed by atoms with van der Waals surface area (Å²) >= 11 is 0. The Morgan fingerprint density at radius 2 is 1.60 bits per heavy atom. The molecule has 3 aliphatic rings. The molecule has 0 aromatic heterocycles. The van der Waals surface area contributed by atoms with E-state index in [1.807, 2.05) is 11.8 Å². The van der Waals surface area contributed by atoms with Crippen LogP contribution in [-0.4, -0.2) is 45.6 Å². The van der Waals surface area contributed by atoms with Gasteiger partial charge in [-0.25, -0.2) is 0 Å². The molecule has 3 fully saturated rings. The van der Waals surface area contributed by atoms with Crippen molar-refractivity contribution in [3.05, 3.63) is 0 Å². The highest BCUT2D eigenvalue weighted by Gasteiger charge is 2.47. The molecule has 3 amide bonds. The molecule has 0 radical (unpaired) electrons. The molecule has 0 spiro atoms. The van der Waals surface area contributed by atoms with Crippen LogP contribution in [0.25, 0.3) is 0 Å². The Morgan fingerprint density at radius 1 is 1.05 bits per heavy atom. The number of imide groups is 1. The fourth-order valence-electron chi connectivity index (χ4n) is 4.11. The highest BCUT2D eigenvalue weighted by molar-refractivity contribution is 6.02. The minimum absolute atomic E-state index is 0.0206. The van der Waals surface area contributed by atoms with Crippen molar-refractivity contribution in [2.45, 2.75) is 76.4 Å². The van der Waals surface area contributed by atoms with Gasteiger partial charge in [-0.05, 0) is 32.1 Å². The standard InChI is InChI=1S/C15H22N2O3/c1-2-3-13(18)16-10-4-5-11(16)9-12(8-10)17-14(19)6-7-15(17)20/h10-12H,2-9H2,1H3. The zero-order valence-electron chi connectivity index (χ0n) is 12.0. The first kappa shape index (κ1) is 13.6. The van der Waals surface area contributed by atoms with Gasteiger partial charge in [-0.1, -0.05) is 6.92 Å². The normalized spacial score (nSPS) is 33.1. The molecular weight excluding hydrogens is 256 g/mol. The molecule has 0 aromatic rings. The van der Waals surface area contributed by atoms with Gasteiger partial charge in [-0.15, -0.1) is 0 Å². The van der Waals surface area contributed by atoms with Crippen molar-refractivity contribution < 1.29 is 14.4 Å². The van der Waals surface area contributed by atoms with Crippen LogP contribution < -0.4 is 0 Å². The van der Waals surface area contributed by atoms with Crippen LogP contribution in [0.4, 0.5) is 0 Å². The Kier molecular flexibility index (Phi) is 3.52. The van der Waals surface area contributed by atoms with E-state index in [4.69, 9.17) is 0 Å². The van der Waals surface area contributed by atoms with E-state index in [-0.39, 0.29) is 35.8 Å². The van der Waals surface area contributed by atoms with E-state index in [0.717, 1.165) is 32.1 Å². The molecule has 2 atom stereocenters. The first-order chi connectivity index (χ1) is 9.61. The highest BCUT2D eigenvalue weighted by Crippen LogP contribution is 2.39. The minimum Gasteiger partial charge on any atom is -0.337 e. The molecule has 0 saturated carbocycles. The second-order valence-electron chi connectivity index (χ2n) is 6.22. The minimum atomic E-state index is -0.0206. The van der Waals surface area contributed by atoms with Crippen LogP contribution in [0.3, 0.4) is 0 Å². The predicted octanol–water partition coefficient (Wildman–Crippen LogP) is 1.46. The number of likely N-dealkylation sites (tertiary alicyclic amines) is 1. The maximum absolute atomic E-state index is 12.2. The molecule has 0 N–H and O–H groups in total. The molecule has 2 unspecified atom stereocenters. The molecule has 20 heavy (non-hydrogen) atoms. The molecule has 5 heteroatoms. The van der Waals surface area contributed by atoms with Crippen LogP contribution in [0.15, 0.2) is 0 Å². The van der Waals surface area contributed by atoms with E-state index in [1.165, 1.54) is 4.90 Å². The Morgan fingerprint density at radius 3 is 2.10 bits per heavy atom. The molecule has 3 aliphatic heterocycles. The third-order valence-corrected chi connectivity index (χ3v) is 4.92. The maximum Gasteiger partial charge on any atom is 0.229 e. The van der Waals surface area contributed by atoms with E-state index in [1.54, 1.807) is 0 Å². The lowest BCUT2D eigenvalue weighted by Gasteiger charge is -2.41. The number of fused-ring (bicyclic) bond motifs is 2. The molecule has 3 heterocycles. The monoisotopic (exact) mass is 278 g/mol. The van der Waals surface area contributed by atoms with Crippen LogP contribution in [0.1, 0.15) is 58.3 Å². The zero-order chi connectivity index (χ0) is 14.3. The molecular formula is C15H22N2O3. The Bertz CT molecular complexity index is 418. The van der Waals surface area contributed by atoms with Gasteiger partial charge in [-0.3, -0.25) is 19.3 Å². The number of rotatable bonds is 3. The van der Waals surface area contributed by atoms with Gasteiger partial charge in [0.1, 0.15) is 0 Å². The lowest BCUT2D eigenvalue weighted by atomic mass is 9.95. The highest BCUT2D eigenvalue weighted by atomic mass is 16.2. The summed E-state index contributed by atoms with van der Waals surface area (Å²) < 4.78 is 0.